The van der Waals surface area contributed by atoms with Crippen LogP contribution in [0.1, 0.15) is 31.7 Å². The summed E-state index contributed by atoms with van der Waals surface area (Å²) in [6, 6.07) is 7.67. The second-order valence-electron chi connectivity index (χ2n) is 4.66. The Hall–Kier alpha value is -1.06. The average molecular weight is 221 g/mol. The molecule has 0 bridgehead atoms. The third-order valence-corrected chi connectivity index (χ3v) is 2.91. The molecule has 0 spiro atoms. The Bertz CT molecular complexity index is 359. The van der Waals surface area contributed by atoms with Crippen molar-refractivity contribution in [2.24, 2.45) is 5.73 Å². The highest BCUT2D eigenvalue weighted by Crippen LogP contribution is 2.30. The summed E-state index contributed by atoms with van der Waals surface area (Å²) in [5.41, 5.74) is 5.50. The minimum absolute atomic E-state index is 0.384. The number of ether oxygens (including phenoxy) is 1. The normalized spacial score (nSPS) is 19.2. The second kappa shape index (κ2) is 4.44. The van der Waals surface area contributed by atoms with Gasteiger partial charge in [0.05, 0.1) is 11.7 Å². The van der Waals surface area contributed by atoms with Gasteiger partial charge < -0.3 is 15.6 Å². The van der Waals surface area contributed by atoms with Crippen molar-refractivity contribution in [2.75, 3.05) is 6.54 Å². The fourth-order valence-corrected chi connectivity index (χ4v) is 1.71. The molecular weight excluding hydrogens is 202 g/mol. The van der Waals surface area contributed by atoms with Crippen LogP contribution in [0.3, 0.4) is 0 Å². The molecule has 1 aliphatic rings. The van der Waals surface area contributed by atoms with E-state index in [0.717, 1.165) is 24.2 Å². The zero-order valence-electron chi connectivity index (χ0n) is 9.65. The topological polar surface area (TPSA) is 55.5 Å². The van der Waals surface area contributed by atoms with Gasteiger partial charge in [0, 0.05) is 0 Å². The summed E-state index contributed by atoms with van der Waals surface area (Å²) in [6.45, 7) is 2.26. The van der Waals surface area contributed by atoms with Crippen molar-refractivity contribution >= 4 is 0 Å². The summed E-state index contributed by atoms with van der Waals surface area (Å²) in [5.74, 6) is 0.845. The third kappa shape index (κ3) is 2.74. The van der Waals surface area contributed by atoms with Gasteiger partial charge in [0.2, 0.25) is 0 Å². The molecule has 1 unspecified atom stereocenters. The Balaban J connectivity index is 2.13. The van der Waals surface area contributed by atoms with Gasteiger partial charge in [-0.15, -0.1) is 0 Å². The van der Waals surface area contributed by atoms with Crippen LogP contribution in [0.25, 0.3) is 0 Å². The first-order valence-corrected chi connectivity index (χ1v) is 5.81. The first-order valence-electron chi connectivity index (χ1n) is 5.81. The molecular formula is C13H19NO2. The molecule has 3 nitrogen and oxygen atoms in total. The maximum atomic E-state index is 10.2. The molecule has 1 atom stereocenters. The molecule has 0 aromatic heterocycles. The number of rotatable bonds is 5. The average Bonchev–Trinajstić information content (AvgIpc) is 3.02. The van der Waals surface area contributed by atoms with E-state index in [9.17, 15) is 5.11 Å². The van der Waals surface area contributed by atoms with Crippen molar-refractivity contribution in [3.63, 3.8) is 0 Å². The number of hydrogen-bond acceptors (Lipinski definition) is 3. The Kier molecular flexibility index (Phi) is 3.17. The maximum absolute atomic E-state index is 10.2. The fourth-order valence-electron chi connectivity index (χ4n) is 1.71. The predicted octanol–water partition coefficient (Wildman–Crippen LogP) is 1.78. The van der Waals surface area contributed by atoms with E-state index in [2.05, 4.69) is 0 Å². The zero-order chi connectivity index (χ0) is 11.6. The molecule has 1 aromatic rings. The zero-order valence-corrected chi connectivity index (χ0v) is 9.65. The van der Waals surface area contributed by atoms with Crippen LogP contribution in [-0.4, -0.2) is 17.8 Å². The minimum atomic E-state index is -0.863. The molecule has 16 heavy (non-hydrogen) atoms. The van der Waals surface area contributed by atoms with Crippen molar-refractivity contribution < 1.29 is 9.84 Å². The van der Waals surface area contributed by atoms with Gasteiger partial charge in [-0.2, -0.15) is 0 Å². The lowest BCUT2D eigenvalue weighted by Gasteiger charge is -2.23. The summed E-state index contributed by atoms with van der Waals surface area (Å²) in [4.78, 5) is 0. The van der Waals surface area contributed by atoms with Crippen molar-refractivity contribution in [3.05, 3.63) is 29.8 Å². The van der Waals surface area contributed by atoms with Crippen LogP contribution in [0.4, 0.5) is 0 Å². The maximum Gasteiger partial charge on any atom is 0.120 e. The van der Waals surface area contributed by atoms with E-state index in [1.807, 2.05) is 24.3 Å². The van der Waals surface area contributed by atoms with E-state index in [-0.39, 0.29) is 0 Å². The monoisotopic (exact) mass is 221 g/mol. The number of benzene rings is 1. The van der Waals surface area contributed by atoms with Crippen LogP contribution < -0.4 is 10.5 Å². The fraction of sp³-hybridized carbons (Fsp3) is 0.538. The summed E-state index contributed by atoms with van der Waals surface area (Å²) in [7, 11) is 0. The Morgan fingerprint density at radius 1 is 1.50 bits per heavy atom. The van der Waals surface area contributed by atoms with Crippen LogP contribution in [0.15, 0.2) is 24.3 Å². The molecule has 1 aliphatic carbocycles. The highest BCUT2D eigenvalue weighted by molar-refractivity contribution is 5.32. The van der Waals surface area contributed by atoms with Crippen molar-refractivity contribution in [1.29, 1.82) is 0 Å². The van der Waals surface area contributed by atoms with Gasteiger partial charge in [-0.05, 0) is 50.4 Å². The molecule has 2 rings (SSSR count). The molecule has 0 amide bonds. The van der Waals surface area contributed by atoms with Crippen molar-refractivity contribution in [1.82, 2.24) is 0 Å². The van der Waals surface area contributed by atoms with Crippen molar-refractivity contribution in [3.8, 4) is 5.75 Å². The summed E-state index contributed by atoms with van der Waals surface area (Å²) < 4.78 is 5.70. The number of nitrogens with two attached hydrogens (primary N) is 1. The first-order chi connectivity index (χ1) is 7.62. The van der Waals surface area contributed by atoms with E-state index in [1.165, 1.54) is 0 Å². The molecule has 3 heteroatoms. The first kappa shape index (κ1) is 11.4. The third-order valence-electron chi connectivity index (χ3n) is 2.91. The highest BCUT2D eigenvalue weighted by atomic mass is 16.5. The van der Waals surface area contributed by atoms with Gasteiger partial charge in [0.25, 0.3) is 0 Å². The van der Waals surface area contributed by atoms with E-state index in [0.29, 0.717) is 19.1 Å². The van der Waals surface area contributed by atoms with Gasteiger partial charge in [0.1, 0.15) is 5.75 Å². The van der Waals surface area contributed by atoms with E-state index in [4.69, 9.17) is 10.5 Å². The number of hydrogen-bond donors (Lipinski definition) is 2. The molecule has 0 radical (unpaired) electrons. The Labute approximate surface area is 96.2 Å². The Morgan fingerprint density at radius 3 is 2.88 bits per heavy atom. The molecule has 0 aliphatic heterocycles. The highest BCUT2D eigenvalue weighted by Gasteiger charge is 2.25. The van der Waals surface area contributed by atoms with Gasteiger partial charge in [-0.3, -0.25) is 0 Å². The Morgan fingerprint density at radius 2 is 2.25 bits per heavy atom. The lowest BCUT2D eigenvalue weighted by atomic mass is 9.92. The predicted molar refractivity (Wildman–Crippen MR) is 63.3 cm³/mol. The molecule has 1 aromatic carbocycles. The van der Waals surface area contributed by atoms with Crippen LogP contribution >= 0.6 is 0 Å². The van der Waals surface area contributed by atoms with E-state index < -0.39 is 5.60 Å². The van der Waals surface area contributed by atoms with E-state index >= 15 is 0 Å². The second-order valence-corrected chi connectivity index (χ2v) is 4.66. The summed E-state index contributed by atoms with van der Waals surface area (Å²) >= 11 is 0. The molecule has 1 fully saturated rings. The molecule has 0 saturated heterocycles. The summed E-state index contributed by atoms with van der Waals surface area (Å²) in [6.07, 6.45) is 3.22. The van der Waals surface area contributed by atoms with Crippen LogP contribution in [0.2, 0.25) is 0 Å². The molecule has 88 valence electrons. The standard InChI is InChI=1S/C13H19NO2/c1-13(15,7-8-14)10-3-2-4-12(9-10)16-11-5-6-11/h2-4,9,11,15H,5-8,14H2,1H3. The van der Waals surface area contributed by atoms with E-state index in [1.54, 1.807) is 6.92 Å². The molecule has 1 saturated carbocycles. The van der Waals surface area contributed by atoms with Crippen molar-refractivity contribution in [2.45, 2.75) is 37.9 Å². The lowest BCUT2D eigenvalue weighted by Crippen LogP contribution is -2.24. The van der Waals surface area contributed by atoms with Gasteiger partial charge >= 0.3 is 0 Å². The van der Waals surface area contributed by atoms with Gasteiger partial charge in [-0.1, -0.05) is 12.1 Å². The quantitative estimate of drug-likeness (QED) is 0.797. The minimum Gasteiger partial charge on any atom is -0.490 e. The summed E-state index contributed by atoms with van der Waals surface area (Å²) in [5, 5.41) is 10.2. The lowest BCUT2D eigenvalue weighted by molar-refractivity contribution is 0.0501. The SMILES string of the molecule is CC(O)(CCN)c1cccc(OC2CC2)c1. The largest absolute Gasteiger partial charge is 0.490 e. The van der Waals surface area contributed by atoms with Crippen LogP contribution in [-0.2, 0) is 5.60 Å². The number of aliphatic hydroxyl groups is 1. The van der Waals surface area contributed by atoms with Crippen LogP contribution in [0, 0.1) is 0 Å². The van der Waals surface area contributed by atoms with Crippen LogP contribution in [0.5, 0.6) is 5.75 Å². The molecule has 0 heterocycles. The molecule has 3 N–H and O–H groups in total. The van der Waals surface area contributed by atoms with Gasteiger partial charge in [0.15, 0.2) is 0 Å². The smallest absolute Gasteiger partial charge is 0.120 e. The van der Waals surface area contributed by atoms with Gasteiger partial charge in [-0.25, -0.2) is 0 Å².